The Morgan fingerprint density at radius 1 is 1.14 bits per heavy atom. The van der Waals surface area contributed by atoms with Crippen molar-refractivity contribution in [3.05, 3.63) is 55.4 Å². The van der Waals surface area contributed by atoms with Crippen LogP contribution in [-0.4, -0.2) is 18.8 Å². The van der Waals surface area contributed by atoms with Crippen LogP contribution in [0.25, 0.3) is 0 Å². The number of rotatable bonds is 5. The Labute approximate surface area is 149 Å². The quantitative estimate of drug-likeness (QED) is 0.624. The number of aliphatic hydroxyl groups excluding tert-OH is 1. The Bertz CT molecular complexity index is 634. The van der Waals surface area contributed by atoms with Crippen LogP contribution in [0.15, 0.2) is 49.8 Å². The molecule has 0 radical (unpaired) electrons. The maximum absolute atomic E-state index is 10.2. The molecule has 2 aromatic rings. The summed E-state index contributed by atoms with van der Waals surface area (Å²) in [6.07, 6.45) is -0.593. The zero-order valence-corrected chi connectivity index (χ0v) is 16.0. The first kappa shape index (κ1) is 16.8. The van der Waals surface area contributed by atoms with Crippen LogP contribution in [-0.2, 0) is 0 Å². The number of aliphatic hydroxyl groups is 1. The van der Waals surface area contributed by atoms with E-state index in [0.29, 0.717) is 6.54 Å². The minimum atomic E-state index is -0.593. The second-order valence-corrected chi connectivity index (χ2v) is 7.04. The third-order valence-corrected chi connectivity index (χ3v) is 4.73. The normalized spacial score (nSPS) is 12.0. The highest BCUT2D eigenvalue weighted by Crippen LogP contribution is 2.34. The third kappa shape index (κ3) is 4.45. The van der Waals surface area contributed by atoms with Crippen molar-refractivity contribution in [2.75, 3.05) is 19.0 Å². The fraction of sp³-hybridized carbons (Fsp3) is 0.200. The minimum absolute atomic E-state index is 0.403. The van der Waals surface area contributed by atoms with Gasteiger partial charge in [0.25, 0.3) is 0 Å². The molecule has 0 aliphatic carbocycles. The van der Waals surface area contributed by atoms with E-state index < -0.39 is 6.10 Å². The van der Waals surface area contributed by atoms with Gasteiger partial charge in [0.2, 0.25) is 0 Å². The summed E-state index contributed by atoms with van der Waals surface area (Å²) in [5.74, 6) is 0.734. The van der Waals surface area contributed by atoms with Gasteiger partial charge in [0.15, 0.2) is 0 Å². The predicted molar refractivity (Wildman–Crippen MR) is 96.0 cm³/mol. The molecule has 0 aliphatic rings. The van der Waals surface area contributed by atoms with Gasteiger partial charge in [-0.3, -0.25) is 0 Å². The Morgan fingerprint density at radius 3 is 2.57 bits per heavy atom. The Morgan fingerprint density at radius 2 is 1.90 bits per heavy atom. The first-order chi connectivity index (χ1) is 10.0. The van der Waals surface area contributed by atoms with Crippen molar-refractivity contribution in [1.82, 2.24) is 0 Å². The van der Waals surface area contributed by atoms with Crippen LogP contribution >= 0.6 is 47.8 Å². The molecule has 0 fully saturated rings. The molecule has 0 saturated heterocycles. The molecule has 0 aliphatic heterocycles. The summed E-state index contributed by atoms with van der Waals surface area (Å²) in [4.78, 5) is 0. The van der Waals surface area contributed by atoms with Crippen molar-refractivity contribution in [3.63, 3.8) is 0 Å². The molecule has 6 heteroatoms. The highest BCUT2D eigenvalue weighted by molar-refractivity contribution is 9.11. The van der Waals surface area contributed by atoms with Crippen molar-refractivity contribution in [2.24, 2.45) is 0 Å². The molecule has 0 aromatic heterocycles. The van der Waals surface area contributed by atoms with E-state index in [-0.39, 0.29) is 0 Å². The number of hydrogen-bond donors (Lipinski definition) is 2. The molecule has 21 heavy (non-hydrogen) atoms. The van der Waals surface area contributed by atoms with E-state index in [2.05, 4.69) is 53.1 Å². The number of nitrogens with one attached hydrogen (secondary N) is 1. The van der Waals surface area contributed by atoms with Crippen LogP contribution in [0.4, 0.5) is 5.69 Å². The maximum Gasteiger partial charge on any atom is 0.135 e. The summed E-state index contributed by atoms with van der Waals surface area (Å²) in [6.45, 7) is 0.403. The van der Waals surface area contributed by atoms with Crippen LogP contribution in [0.1, 0.15) is 11.7 Å². The molecule has 3 nitrogen and oxygen atoms in total. The van der Waals surface area contributed by atoms with Crippen LogP contribution in [0.5, 0.6) is 5.75 Å². The topological polar surface area (TPSA) is 41.5 Å². The summed E-state index contributed by atoms with van der Waals surface area (Å²) >= 11 is 10.3. The summed E-state index contributed by atoms with van der Waals surface area (Å²) in [5.41, 5.74) is 1.72. The number of halogens is 3. The van der Waals surface area contributed by atoms with Crippen molar-refractivity contribution in [3.8, 4) is 5.75 Å². The number of benzene rings is 2. The lowest BCUT2D eigenvalue weighted by molar-refractivity contribution is 0.191. The van der Waals surface area contributed by atoms with E-state index in [0.717, 1.165) is 30.4 Å². The lowest BCUT2D eigenvalue weighted by Crippen LogP contribution is -2.12. The van der Waals surface area contributed by atoms with Gasteiger partial charge in [-0.15, -0.1) is 0 Å². The van der Waals surface area contributed by atoms with Gasteiger partial charge in [-0.2, -0.15) is 0 Å². The molecule has 2 aromatic carbocycles. The fourth-order valence-corrected chi connectivity index (χ4v) is 3.57. The fourth-order valence-electron chi connectivity index (χ4n) is 1.86. The van der Waals surface area contributed by atoms with Gasteiger partial charge in [0, 0.05) is 21.6 Å². The molecule has 2 N–H and O–H groups in total. The van der Waals surface area contributed by atoms with Crippen molar-refractivity contribution in [1.29, 1.82) is 0 Å². The predicted octanol–water partition coefficient (Wildman–Crippen LogP) is 5.13. The van der Waals surface area contributed by atoms with Gasteiger partial charge in [-0.1, -0.05) is 28.1 Å². The van der Waals surface area contributed by atoms with Gasteiger partial charge < -0.3 is 15.2 Å². The monoisotopic (exact) mass is 477 g/mol. The Balaban J connectivity index is 2.09. The maximum atomic E-state index is 10.2. The minimum Gasteiger partial charge on any atom is -0.495 e. The van der Waals surface area contributed by atoms with Gasteiger partial charge in [-0.05, 0) is 55.6 Å². The molecule has 112 valence electrons. The molecule has 1 unspecified atom stereocenters. The lowest BCUT2D eigenvalue weighted by Gasteiger charge is -2.16. The molecule has 0 bridgehead atoms. The molecule has 0 spiro atoms. The number of anilines is 1. The smallest absolute Gasteiger partial charge is 0.135 e. The van der Waals surface area contributed by atoms with E-state index in [4.69, 9.17) is 4.74 Å². The van der Waals surface area contributed by atoms with Crippen molar-refractivity contribution >= 4 is 53.5 Å². The van der Waals surface area contributed by atoms with Crippen LogP contribution in [0, 0.1) is 0 Å². The molecular formula is C15H14Br3NO2. The first-order valence-corrected chi connectivity index (χ1v) is 8.59. The van der Waals surface area contributed by atoms with E-state index in [1.165, 1.54) is 0 Å². The summed E-state index contributed by atoms with van der Waals surface area (Å²) < 4.78 is 7.99. The second-order valence-electron chi connectivity index (χ2n) is 4.42. The molecular weight excluding hydrogens is 466 g/mol. The first-order valence-electron chi connectivity index (χ1n) is 6.21. The molecule has 2 rings (SSSR count). The van der Waals surface area contributed by atoms with E-state index in [1.807, 2.05) is 36.4 Å². The summed E-state index contributed by atoms with van der Waals surface area (Å²) in [6, 6.07) is 11.4. The van der Waals surface area contributed by atoms with E-state index in [9.17, 15) is 5.11 Å². The average molecular weight is 480 g/mol. The zero-order chi connectivity index (χ0) is 15.4. The van der Waals surface area contributed by atoms with Gasteiger partial charge in [0.05, 0.1) is 23.4 Å². The van der Waals surface area contributed by atoms with Gasteiger partial charge >= 0.3 is 0 Å². The number of hydrogen-bond acceptors (Lipinski definition) is 3. The zero-order valence-electron chi connectivity index (χ0n) is 11.2. The molecule has 0 saturated carbocycles. The lowest BCUT2D eigenvalue weighted by atomic mass is 10.1. The Hall–Kier alpha value is -0.560. The average Bonchev–Trinajstić information content (AvgIpc) is 2.46. The second kappa shape index (κ2) is 7.63. The Kier molecular flexibility index (Phi) is 6.10. The van der Waals surface area contributed by atoms with Gasteiger partial charge in [-0.25, -0.2) is 0 Å². The molecule has 1 atom stereocenters. The SMILES string of the molecule is COc1cc(NCC(O)c2cccc(Br)c2)c(Br)cc1Br. The third-order valence-electron chi connectivity index (χ3n) is 2.96. The van der Waals surface area contributed by atoms with Crippen molar-refractivity contribution < 1.29 is 9.84 Å². The summed E-state index contributed by atoms with van der Waals surface area (Å²) in [5, 5.41) is 13.5. The van der Waals surface area contributed by atoms with E-state index >= 15 is 0 Å². The summed E-state index contributed by atoms with van der Waals surface area (Å²) in [7, 11) is 1.62. The number of ether oxygens (including phenoxy) is 1. The van der Waals surface area contributed by atoms with Gasteiger partial charge in [0.1, 0.15) is 5.75 Å². The molecule has 0 amide bonds. The molecule has 0 heterocycles. The largest absolute Gasteiger partial charge is 0.495 e. The number of methoxy groups -OCH3 is 1. The van der Waals surface area contributed by atoms with Crippen LogP contribution in [0.2, 0.25) is 0 Å². The highest BCUT2D eigenvalue weighted by Gasteiger charge is 2.11. The standard InChI is InChI=1S/C15H14Br3NO2/c1-21-15-7-13(11(17)6-12(15)18)19-8-14(20)9-3-2-4-10(16)5-9/h2-7,14,19-20H,8H2,1H3. The van der Waals surface area contributed by atoms with Crippen molar-refractivity contribution in [2.45, 2.75) is 6.10 Å². The van der Waals surface area contributed by atoms with Crippen LogP contribution < -0.4 is 10.1 Å². The van der Waals surface area contributed by atoms with E-state index in [1.54, 1.807) is 7.11 Å². The van der Waals surface area contributed by atoms with Crippen LogP contribution in [0.3, 0.4) is 0 Å². The highest BCUT2D eigenvalue weighted by atomic mass is 79.9.